The fraction of sp³-hybridized carbons (Fsp3) is 0.304. The second-order valence-corrected chi connectivity index (χ2v) is 7.61. The zero-order valence-electron chi connectivity index (χ0n) is 19.1. The number of rotatable bonds is 6. The largest absolute Gasteiger partial charge is 0.300 e. The Morgan fingerprint density at radius 3 is 2.76 bits per heavy atom. The van der Waals surface area contributed by atoms with E-state index in [9.17, 15) is 9.59 Å². The Morgan fingerprint density at radius 2 is 1.97 bits per heavy atom. The highest BCUT2D eigenvalue weighted by Gasteiger charge is 2.39. The summed E-state index contributed by atoms with van der Waals surface area (Å²) < 4.78 is 24.3. The molecule has 0 saturated heterocycles. The van der Waals surface area contributed by atoms with Gasteiger partial charge in [-0.15, -0.1) is 0 Å². The first kappa shape index (κ1) is 16.1. The van der Waals surface area contributed by atoms with E-state index < -0.39 is 24.7 Å². The van der Waals surface area contributed by atoms with Crippen molar-refractivity contribution in [1.82, 2.24) is 9.97 Å². The van der Waals surface area contributed by atoms with Crippen LogP contribution < -0.4 is 4.90 Å². The summed E-state index contributed by atoms with van der Waals surface area (Å²) in [6, 6.07) is 13.4. The molecule has 2 aromatic heterocycles. The normalized spacial score (nSPS) is 18.3. The maximum atomic E-state index is 13.3. The monoisotopic (exact) mass is 410 g/mol. The molecule has 6 heteroatoms. The molecular formula is C23H22ClN3O2. The molecule has 5 nitrogen and oxygen atoms in total. The van der Waals surface area contributed by atoms with Crippen molar-refractivity contribution in [2.24, 2.45) is 5.89 Å². The number of fused-ring (bicyclic) bond motifs is 2. The summed E-state index contributed by atoms with van der Waals surface area (Å²) in [7, 11) is 0. The number of hydrogen-bond acceptors (Lipinski definition) is 4. The van der Waals surface area contributed by atoms with E-state index in [-0.39, 0.29) is 23.3 Å². The van der Waals surface area contributed by atoms with Gasteiger partial charge in [0.05, 0.1) is 6.04 Å². The van der Waals surface area contributed by atoms with E-state index in [0.29, 0.717) is 22.6 Å². The molecule has 1 atom stereocenters. The van der Waals surface area contributed by atoms with E-state index in [0.717, 1.165) is 5.39 Å². The summed E-state index contributed by atoms with van der Waals surface area (Å²) in [6.45, 7) is 2.89. The average molecular weight is 411 g/mol. The van der Waals surface area contributed by atoms with Gasteiger partial charge in [0.1, 0.15) is 16.8 Å². The molecule has 1 amide bonds. The van der Waals surface area contributed by atoms with Crippen LogP contribution in [0, 0.1) is 5.89 Å². The van der Waals surface area contributed by atoms with Crippen molar-refractivity contribution in [3.63, 3.8) is 0 Å². The molecule has 1 aliphatic heterocycles. The fourth-order valence-corrected chi connectivity index (χ4v) is 3.66. The van der Waals surface area contributed by atoms with Crippen LogP contribution in [0.15, 0.2) is 48.5 Å². The van der Waals surface area contributed by atoms with Crippen molar-refractivity contribution in [2.75, 3.05) is 4.90 Å². The summed E-state index contributed by atoms with van der Waals surface area (Å²) in [5, 5.41) is 1.05. The number of aromatic nitrogens is 2. The molecule has 148 valence electrons. The number of pyridine rings is 2. The first-order valence-corrected chi connectivity index (χ1v) is 9.73. The van der Waals surface area contributed by atoms with Crippen molar-refractivity contribution in [3.8, 4) is 0 Å². The van der Waals surface area contributed by atoms with Crippen molar-refractivity contribution in [2.45, 2.75) is 39.1 Å². The molecule has 3 heterocycles. The molecule has 0 fully saturated rings. The summed E-state index contributed by atoms with van der Waals surface area (Å²) in [5.74, 6) is -1.74. The number of hydrogen-bond donors (Lipinski definition) is 0. The Morgan fingerprint density at radius 1 is 1.21 bits per heavy atom. The molecule has 4 rings (SSSR count). The number of benzene rings is 1. The molecule has 3 aromatic rings. The van der Waals surface area contributed by atoms with Gasteiger partial charge in [0, 0.05) is 27.9 Å². The minimum absolute atomic E-state index is 0.0823. The van der Waals surface area contributed by atoms with Crippen LogP contribution in [-0.2, 0) is 4.79 Å². The Bertz CT molecular complexity index is 1230. The van der Waals surface area contributed by atoms with Crippen LogP contribution >= 0.6 is 11.6 Å². The quantitative estimate of drug-likeness (QED) is 0.512. The van der Waals surface area contributed by atoms with Gasteiger partial charge in [-0.25, -0.2) is 9.97 Å². The van der Waals surface area contributed by atoms with Gasteiger partial charge < -0.3 is 0 Å². The van der Waals surface area contributed by atoms with Crippen molar-refractivity contribution >= 4 is 40.1 Å². The molecule has 1 aliphatic rings. The van der Waals surface area contributed by atoms with Crippen LogP contribution in [0.4, 0.5) is 5.82 Å². The number of carbonyl (C=O) groups excluding carboxylic acids is 2. The SMILES string of the molecule is [2H]C(C)(C)C([2H])([2H])CC(=O)C[C@H]1c2ccccc2C(=O)N1c1ccc2ccc(Cl)nc2n1. The van der Waals surface area contributed by atoms with Gasteiger partial charge >= 0.3 is 0 Å². The number of nitrogens with zero attached hydrogens (tertiary/aromatic N) is 3. The minimum Gasteiger partial charge on any atom is -0.300 e. The molecule has 1 aromatic carbocycles. The summed E-state index contributed by atoms with van der Waals surface area (Å²) in [5.41, 5.74) is 1.56. The molecule has 29 heavy (non-hydrogen) atoms. The number of carbonyl (C=O) groups is 2. The topological polar surface area (TPSA) is 63.2 Å². The van der Waals surface area contributed by atoms with E-state index in [4.69, 9.17) is 15.7 Å². The van der Waals surface area contributed by atoms with Gasteiger partial charge in [-0.05, 0) is 48.2 Å². The van der Waals surface area contributed by atoms with Crippen LogP contribution in [0.5, 0.6) is 0 Å². The summed E-state index contributed by atoms with van der Waals surface area (Å²) in [4.78, 5) is 36.4. The highest BCUT2D eigenvalue weighted by molar-refractivity contribution is 6.29. The number of Topliss-reactive ketones (excluding diaryl/α,β-unsaturated/α-hetero) is 1. The first-order chi connectivity index (χ1) is 15.0. The second-order valence-electron chi connectivity index (χ2n) is 7.22. The van der Waals surface area contributed by atoms with Crippen LogP contribution in [0.25, 0.3) is 11.0 Å². The molecule has 0 N–H and O–H groups in total. The smallest absolute Gasteiger partial charge is 0.260 e. The van der Waals surface area contributed by atoms with Crippen LogP contribution in [0.3, 0.4) is 0 Å². The highest BCUT2D eigenvalue weighted by atomic mass is 35.5. The fourth-order valence-electron chi connectivity index (χ4n) is 3.52. The predicted octanol–water partition coefficient (Wildman–Crippen LogP) is 5.38. The Kier molecular flexibility index (Phi) is 4.38. The maximum absolute atomic E-state index is 13.3. The van der Waals surface area contributed by atoms with E-state index >= 15 is 0 Å². The lowest BCUT2D eigenvalue weighted by Crippen LogP contribution is -2.30. The van der Waals surface area contributed by atoms with Crippen molar-refractivity contribution in [1.29, 1.82) is 0 Å². The predicted molar refractivity (Wildman–Crippen MR) is 114 cm³/mol. The number of halogens is 1. The molecular weight excluding hydrogens is 386 g/mol. The second kappa shape index (κ2) is 7.91. The van der Waals surface area contributed by atoms with E-state index in [1.165, 1.54) is 18.7 Å². The van der Waals surface area contributed by atoms with Crippen LogP contribution in [0.1, 0.15) is 59.1 Å². The average Bonchev–Trinajstić information content (AvgIpc) is 2.98. The molecule has 0 radical (unpaired) electrons. The van der Waals surface area contributed by atoms with Gasteiger partial charge in [-0.1, -0.05) is 43.6 Å². The lowest BCUT2D eigenvalue weighted by Gasteiger charge is -2.24. The maximum Gasteiger partial charge on any atom is 0.260 e. The van der Waals surface area contributed by atoms with E-state index in [1.54, 1.807) is 48.5 Å². The first-order valence-electron chi connectivity index (χ1n) is 10.9. The highest BCUT2D eigenvalue weighted by Crippen LogP contribution is 2.39. The van der Waals surface area contributed by atoms with Crippen LogP contribution in [-0.4, -0.2) is 21.7 Å². The molecule has 0 spiro atoms. The third-order valence-electron chi connectivity index (χ3n) is 4.89. The van der Waals surface area contributed by atoms with E-state index in [1.807, 2.05) is 0 Å². The summed E-state index contributed by atoms with van der Waals surface area (Å²) in [6.07, 6.45) is -2.49. The summed E-state index contributed by atoms with van der Waals surface area (Å²) >= 11 is 6.00. The Hall–Kier alpha value is -2.79. The number of amides is 1. The molecule has 0 bridgehead atoms. The zero-order chi connectivity index (χ0) is 23.3. The third-order valence-corrected chi connectivity index (χ3v) is 5.10. The Balaban J connectivity index is 1.71. The van der Waals surface area contributed by atoms with Gasteiger partial charge in [0.25, 0.3) is 5.91 Å². The lowest BCUT2D eigenvalue weighted by molar-refractivity contribution is -0.119. The third kappa shape index (κ3) is 3.87. The lowest BCUT2D eigenvalue weighted by atomic mass is 9.97. The number of anilines is 1. The number of ketones is 1. The standard InChI is InChI=1S/C23H22ClN3O2/c1-14(2)7-10-16(28)13-19-17-5-3-4-6-18(17)23(29)27(19)21-12-9-15-8-11-20(24)25-22(15)26-21/h3-6,8-9,11-12,14,19H,7,10,13H2,1-2H3/t19-/m0/s1/i7D2,14D. The zero-order valence-corrected chi connectivity index (χ0v) is 16.9. The Labute approximate surface area is 178 Å². The van der Waals surface area contributed by atoms with Gasteiger partial charge in [0.15, 0.2) is 5.65 Å². The molecule has 0 aliphatic carbocycles. The van der Waals surface area contributed by atoms with Gasteiger partial charge in [-0.2, -0.15) is 0 Å². The minimum atomic E-state index is -2.00. The van der Waals surface area contributed by atoms with Crippen LogP contribution in [0.2, 0.25) is 5.15 Å². The van der Waals surface area contributed by atoms with Crippen molar-refractivity contribution in [3.05, 3.63) is 64.8 Å². The van der Waals surface area contributed by atoms with E-state index in [2.05, 4.69) is 9.97 Å². The molecule has 0 saturated carbocycles. The molecule has 0 unspecified atom stereocenters. The van der Waals surface area contributed by atoms with Gasteiger partial charge in [-0.3, -0.25) is 14.5 Å². The van der Waals surface area contributed by atoms with Crippen molar-refractivity contribution < 1.29 is 13.7 Å². The van der Waals surface area contributed by atoms with Gasteiger partial charge in [0.2, 0.25) is 0 Å².